The van der Waals surface area contributed by atoms with Crippen LogP contribution in [-0.4, -0.2) is 21.2 Å². The summed E-state index contributed by atoms with van der Waals surface area (Å²) in [5.41, 5.74) is -0.405. The molecule has 0 unspecified atom stereocenters. The van der Waals surface area contributed by atoms with Crippen molar-refractivity contribution in [1.29, 1.82) is 0 Å². The molecule has 0 amide bonds. The molecule has 0 spiro atoms. The maximum atomic E-state index is 13.3. The molecule has 2 aromatic rings. The van der Waals surface area contributed by atoms with E-state index in [0.717, 1.165) is 12.1 Å². The van der Waals surface area contributed by atoms with E-state index in [9.17, 15) is 9.18 Å². The first-order valence-electron chi connectivity index (χ1n) is 5.01. The number of ether oxygens (including phenoxy) is 1. The molecule has 0 aliphatic carbocycles. The third kappa shape index (κ3) is 2.62. The van der Waals surface area contributed by atoms with Gasteiger partial charge in [0.1, 0.15) is 11.6 Å². The van der Waals surface area contributed by atoms with Gasteiger partial charge in [-0.3, -0.25) is 0 Å². The maximum absolute atomic E-state index is 13.3. The van der Waals surface area contributed by atoms with Gasteiger partial charge in [-0.2, -0.15) is 4.98 Å². The van der Waals surface area contributed by atoms with Crippen LogP contribution in [0.5, 0.6) is 5.75 Å². The molecule has 0 fully saturated rings. The Labute approximate surface area is 101 Å². The number of carboxylic acids is 1. The van der Waals surface area contributed by atoms with Crippen LogP contribution in [0.2, 0.25) is 0 Å². The number of hydrogen-bond acceptors (Lipinski definition) is 5. The van der Waals surface area contributed by atoms with Crippen LogP contribution in [0.15, 0.2) is 22.7 Å². The molecule has 94 valence electrons. The van der Waals surface area contributed by atoms with E-state index in [4.69, 9.17) is 14.4 Å². The van der Waals surface area contributed by atoms with Crippen LogP contribution in [-0.2, 0) is 6.61 Å². The molecule has 0 radical (unpaired) electrons. The van der Waals surface area contributed by atoms with E-state index in [0.29, 0.717) is 11.7 Å². The zero-order valence-corrected chi connectivity index (χ0v) is 9.38. The third-order valence-corrected chi connectivity index (χ3v) is 2.11. The number of aromatic nitrogens is 2. The number of halogens is 1. The number of hydrogen-bond donors (Lipinski definition) is 1. The van der Waals surface area contributed by atoms with Crippen LogP contribution in [0.4, 0.5) is 4.39 Å². The number of aromatic carboxylic acids is 1. The van der Waals surface area contributed by atoms with Crippen molar-refractivity contribution in [3.63, 3.8) is 0 Å². The molecule has 1 aromatic heterocycles. The molecule has 18 heavy (non-hydrogen) atoms. The Bertz CT molecular complexity index is 582. The minimum atomic E-state index is -1.33. The molecular weight excluding hydrogens is 243 g/mol. The van der Waals surface area contributed by atoms with Gasteiger partial charge in [-0.25, -0.2) is 9.18 Å². The summed E-state index contributed by atoms with van der Waals surface area (Å²) in [7, 11) is 0. The Morgan fingerprint density at radius 2 is 2.33 bits per heavy atom. The summed E-state index contributed by atoms with van der Waals surface area (Å²) >= 11 is 0. The molecule has 0 atom stereocenters. The summed E-state index contributed by atoms with van der Waals surface area (Å²) in [5.74, 6) is -1.26. The summed E-state index contributed by atoms with van der Waals surface area (Å²) < 4.78 is 23.3. The van der Waals surface area contributed by atoms with Crippen LogP contribution in [0, 0.1) is 12.7 Å². The highest BCUT2D eigenvalue weighted by Crippen LogP contribution is 2.17. The maximum Gasteiger partial charge on any atom is 0.338 e. The molecule has 7 heteroatoms. The molecule has 0 saturated carbocycles. The Morgan fingerprint density at radius 3 is 2.89 bits per heavy atom. The van der Waals surface area contributed by atoms with Crippen molar-refractivity contribution >= 4 is 5.97 Å². The van der Waals surface area contributed by atoms with E-state index >= 15 is 0 Å². The largest absolute Gasteiger partial charge is 0.485 e. The quantitative estimate of drug-likeness (QED) is 0.892. The van der Waals surface area contributed by atoms with E-state index in [2.05, 4.69) is 10.1 Å². The van der Waals surface area contributed by atoms with Crippen molar-refractivity contribution in [3.8, 4) is 5.75 Å². The molecule has 1 aromatic carbocycles. The summed E-state index contributed by atoms with van der Waals surface area (Å²) in [6.07, 6.45) is 0. The highest BCUT2D eigenvalue weighted by atomic mass is 19.1. The second kappa shape index (κ2) is 4.82. The summed E-state index contributed by atoms with van der Waals surface area (Å²) in [5, 5.41) is 12.3. The van der Waals surface area contributed by atoms with Gasteiger partial charge >= 0.3 is 5.97 Å². The van der Waals surface area contributed by atoms with Crippen molar-refractivity contribution < 1.29 is 23.6 Å². The summed E-state index contributed by atoms with van der Waals surface area (Å²) in [6.45, 7) is 1.65. The fraction of sp³-hybridized carbons (Fsp3) is 0.182. The lowest BCUT2D eigenvalue weighted by Crippen LogP contribution is -2.02. The van der Waals surface area contributed by atoms with E-state index in [-0.39, 0.29) is 12.4 Å². The van der Waals surface area contributed by atoms with Crippen molar-refractivity contribution in [3.05, 3.63) is 41.3 Å². The van der Waals surface area contributed by atoms with Gasteiger partial charge in [0, 0.05) is 13.0 Å². The zero-order chi connectivity index (χ0) is 13.1. The highest BCUT2D eigenvalue weighted by molar-refractivity contribution is 5.88. The Kier molecular flexibility index (Phi) is 3.22. The molecule has 1 heterocycles. The monoisotopic (exact) mass is 252 g/mol. The van der Waals surface area contributed by atoms with Gasteiger partial charge in [-0.1, -0.05) is 5.16 Å². The SMILES string of the molecule is Cc1nc(COc2ccc(C(=O)O)c(F)c2)no1. The molecule has 0 aliphatic rings. The fourth-order valence-electron chi connectivity index (χ4n) is 1.31. The van der Waals surface area contributed by atoms with E-state index in [1.807, 2.05) is 0 Å². The van der Waals surface area contributed by atoms with Gasteiger partial charge in [-0.05, 0) is 12.1 Å². The average Bonchev–Trinajstić information content (AvgIpc) is 2.72. The molecule has 2 rings (SSSR count). The van der Waals surface area contributed by atoms with Gasteiger partial charge < -0.3 is 14.4 Å². The van der Waals surface area contributed by atoms with Crippen molar-refractivity contribution in [1.82, 2.24) is 10.1 Å². The minimum absolute atomic E-state index is 0.0171. The first-order chi connectivity index (χ1) is 8.56. The second-order valence-electron chi connectivity index (χ2n) is 3.47. The van der Waals surface area contributed by atoms with Crippen LogP contribution >= 0.6 is 0 Å². The first kappa shape index (κ1) is 12.0. The Morgan fingerprint density at radius 1 is 1.56 bits per heavy atom. The van der Waals surface area contributed by atoms with Crippen molar-refractivity contribution in [2.24, 2.45) is 0 Å². The summed E-state index contributed by atoms with van der Waals surface area (Å²) in [6, 6.07) is 3.49. The normalized spacial score (nSPS) is 10.3. The lowest BCUT2D eigenvalue weighted by molar-refractivity contribution is 0.0692. The number of aryl methyl sites for hydroxylation is 1. The number of benzene rings is 1. The average molecular weight is 252 g/mol. The van der Waals surface area contributed by atoms with Gasteiger partial charge in [0.15, 0.2) is 6.61 Å². The number of carbonyl (C=O) groups is 1. The predicted octanol–water partition coefficient (Wildman–Crippen LogP) is 1.79. The minimum Gasteiger partial charge on any atom is -0.485 e. The molecule has 0 saturated heterocycles. The van der Waals surface area contributed by atoms with E-state index < -0.39 is 17.3 Å². The topological polar surface area (TPSA) is 85.5 Å². The lowest BCUT2D eigenvalue weighted by Gasteiger charge is -2.04. The van der Waals surface area contributed by atoms with Crippen LogP contribution in [0.25, 0.3) is 0 Å². The fourth-order valence-corrected chi connectivity index (χ4v) is 1.31. The van der Waals surface area contributed by atoms with Gasteiger partial charge in [0.2, 0.25) is 11.7 Å². The second-order valence-corrected chi connectivity index (χ2v) is 3.47. The number of rotatable bonds is 4. The van der Waals surface area contributed by atoms with Crippen molar-refractivity contribution in [2.45, 2.75) is 13.5 Å². The van der Waals surface area contributed by atoms with E-state index in [1.54, 1.807) is 6.92 Å². The van der Waals surface area contributed by atoms with Crippen LogP contribution < -0.4 is 4.74 Å². The molecule has 6 nitrogen and oxygen atoms in total. The van der Waals surface area contributed by atoms with Crippen LogP contribution in [0.1, 0.15) is 22.1 Å². The number of nitrogens with zero attached hydrogens (tertiary/aromatic N) is 2. The third-order valence-electron chi connectivity index (χ3n) is 2.11. The highest BCUT2D eigenvalue weighted by Gasteiger charge is 2.11. The van der Waals surface area contributed by atoms with Gasteiger partial charge in [0.05, 0.1) is 5.56 Å². The Balaban J connectivity index is 2.06. The van der Waals surface area contributed by atoms with Gasteiger partial charge in [0.25, 0.3) is 0 Å². The first-order valence-corrected chi connectivity index (χ1v) is 5.01. The van der Waals surface area contributed by atoms with E-state index in [1.165, 1.54) is 6.07 Å². The molecule has 1 N–H and O–H groups in total. The van der Waals surface area contributed by atoms with Crippen LogP contribution in [0.3, 0.4) is 0 Å². The van der Waals surface area contributed by atoms with Gasteiger partial charge in [-0.15, -0.1) is 0 Å². The predicted molar refractivity (Wildman–Crippen MR) is 56.7 cm³/mol. The summed E-state index contributed by atoms with van der Waals surface area (Å²) in [4.78, 5) is 14.5. The smallest absolute Gasteiger partial charge is 0.338 e. The van der Waals surface area contributed by atoms with Crippen molar-refractivity contribution in [2.75, 3.05) is 0 Å². The number of carboxylic acid groups (broad SMARTS) is 1. The zero-order valence-electron chi connectivity index (χ0n) is 9.38. The Hall–Kier alpha value is -2.44. The molecular formula is C11H9FN2O4. The molecule has 0 aliphatic heterocycles. The molecule has 0 bridgehead atoms. The lowest BCUT2D eigenvalue weighted by atomic mass is 10.2. The standard InChI is InChI=1S/C11H9FN2O4/c1-6-13-10(14-18-6)5-17-7-2-3-8(11(15)16)9(12)4-7/h2-4H,5H2,1H3,(H,15,16).